The van der Waals surface area contributed by atoms with Crippen LogP contribution in [0.15, 0.2) is 36.4 Å². The first-order valence-corrected chi connectivity index (χ1v) is 7.55. The normalized spacial score (nSPS) is 11.5. The fourth-order valence-electron chi connectivity index (χ4n) is 2.41. The van der Waals surface area contributed by atoms with Gasteiger partial charge in [0.25, 0.3) is 5.91 Å². The molecule has 6 nitrogen and oxygen atoms in total. The summed E-state index contributed by atoms with van der Waals surface area (Å²) in [4.78, 5) is 23.5. The van der Waals surface area contributed by atoms with E-state index < -0.39 is 36.0 Å². The molecule has 1 atom stereocenters. The van der Waals surface area contributed by atoms with Crippen molar-refractivity contribution in [3.8, 4) is 11.5 Å². The van der Waals surface area contributed by atoms with Gasteiger partial charge in [-0.1, -0.05) is 6.07 Å². The molecule has 2 N–H and O–H groups in total. The van der Waals surface area contributed by atoms with Gasteiger partial charge in [0.05, 0.1) is 32.2 Å². The number of benzene rings is 2. The summed E-state index contributed by atoms with van der Waals surface area (Å²) in [5.41, 5.74) is 0.0446. The fraction of sp³-hybridized carbons (Fsp3) is 0.222. The lowest BCUT2D eigenvalue weighted by Crippen LogP contribution is -2.30. The Kier molecular flexibility index (Phi) is 6.11. The topological polar surface area (TPSA) is 84.9 Å². The van der Waals surface area contributed by atoms with Crippen molar-refractivity contribution in [2.24, 2.45) is 0 Å². The molecule has 0 bridgehead atoms. The molecule has 0 fully saturated rings. The maximum Gasteiger partial charge on any atom is 0.305 e. The molecule has 2 aromatic rings. The van der Waals surface area contributed by atoms with Gasteiger partial charge in [0.1, 0.15) is 11.6 Å². The van der Waals surface area contributed by atoms with Crippen molar-refractivity contribution in [2.75, 3.05) is 14.2 Å². The molecule has 8 heteroatoms. The Morgan fingerprint density at radius 1 is 1.08 bits per heavy atom. The molecule has 0 saturated heterocycles. The van der Waals surface area contributed by atoms with E-state index in [-0.39, 0.29) is 5.56 Å². The largest absolute Gasteiger partial charge is 0.493 e. The number of rotatable bonds is 7. The van der Waals surface area contributed by atoms with Gasteiger partial charge < -0.3 is 19.9 Å². The van der Waals surface area contributed by atoms with Gasteiger partial charge in [-0.05, 0) is 29.8 Å². The Morgan fingerprint density at radius 2 is 1.77 bits per heavy atom. The molecule has 0 heterocycles. The summed E-state index contributed by atoms with van der Waals surface area (Å²) in [5, 5.41) is 11.6. The maximum atomic E-state index is 13.8. The van der Waals surface area contributed by atoms with E-state index in [1.165, 1.54) is 20.3 Å². The predicted octanol–water partition coefficient (Wildman–Crippen LogP) is 2.93. The second-order valence-electron chi connectivity index (χ2n) is 5.36. The van der Waals surface area contributed by atoms with E-state index >= 15 is 0 Å². The number of ether oxygens (including phenoxy) is 2. The number of hydrogen-bond donors (Lipinski definition) is 2. The average molecular weight is 365 g/mol. The van der Waals surface area contributed by atoms with Gasteiger partial charge in [-0.3, -0.25) is 9.59 Å². The van der Waals surface area contributed by atoms with Crippen molar-refractivity contribution < 1.29 is 33.0 Å². The molecule has 2 rings (SSSR count). The van der Waals surface area contributed by atoms with E-state index in [2.05, 4.69) is 5.32 Å². The molecule has 26 heavy (non-hydrogen) atoms. The van der Waals surface area contributed by atoms with Crippen LogP contribution >= 0.6 is 0 Å². The van der Waals surface area contributed by atoms with Gasteiger partial charge in [-0.25, -0.2) is 8.78 Å². The number of carbonyl (C=O) groups is 2. The standard InChI is InChI=1S/C18H17F2NO5/c1-25-15-6-3-10(7-16(15)26-2)14(9-17(22)23)21-18(24)12-5-4-11(19)8-13(12)20/h3-8,14H,9H2,1-2H3,(H,21,24)(H,22,23)/t14-/m0/s1. The van der Waals surface area contributed by atoms with Gasteiger partial charge in [0.15, 0.2) is 11.5 Å². The van der Waals surface area contributed by atoms with Crippen LogP contribution in [0.3, 0.4) is 0 Å². The van der Waals surface area contributed by atoms with Crippen LogP contribution in [0.2, 0.25) is 0 Å². The highest BCUT2D eigenvalue weighted by molar-refractivity contribution is 5.95. The molecule has 0 radical (unpaired) electrons. The third-order valence-corrected chi connectivity index (χ3v) is 3.67. The highest BCUT2D eigenvalue weighted by Crippen LogP contribution is 2.31. The zero-order valence-electron chi connectivity index (χ0n) is 14.1. The van der Waals surface area contributed by atoms with Gasteiger partial charge >= 0.3 is 5.97 Å². The number of hydrogen-bond acceptors (Lipinski definition) is 4. The molecular weight excluding hydrogens is 348 g/mol. The summed E-state index contributed by atoms with van der Waals surface area (Å²) < 4.78 is 37.1. The lowest BCUT2D eigenvalue weighted by Gasteiger charge is -2.19. The molecule has 0 unspecified atom stereocenters. The van der Waals surface area contributed by atoms with E-state index in [0.29, 0.717) is 23.1 Å². The predicted molar refractivity (Wildman–Crippen MR) is 88.4 cm³/mol. The van der Waals surface area contributed by atoms with Crippen molar-refractivity contribution in [3.63, 3.8) is 0 Å². The SMILES string of the molecule is COc1ccc([C@H](CC(=O)O)NC(=O)c2ccc(F)cc2F)cc1OC. The zero-order chi connectivity index (χ0) is 19.3. The third kappa shape index (κ3) is 4.47. The molecular formula is C18H17F2NO5. The highest BCUT2D eigenvalue weighted by Gasteiger charge is 2.22. The number of carboxylic acids is 1. The first-order valence-electron chi connectivity index (χ1n) is 7.55. The van der Waals surface area contributed by atoms with E-state index in [0.717, 1.165) is 12.1 Å². The number of aliphatic carboxylic acids is 1. The van der Waals surface area contributed by atoms with Crippen LogP contribution in [0, 0.1) is 11.6 Å². The molecule has 138 valence electrons. The maximum absolute atomic E-state index is 13.8. The first-order chi connectivity index (χ1) is 12.3. The number of halogens is 2. The van der Waals surface area contributed by atoms with Gasteiger partial charge in [-0.2, -0.15) is 0 Å². The zero-order valence-corrected chi connectivity index (χ0v) is 14.1. The number of nitrogens with one attached hydrogen (secondary N) is 1. The van der Waals surface area contributed by atoms with Crippen molar-refractivity contribution in [3.05, 3.63) is 59.2 Å². The Morgan fingerprint density at radius 3 is 2.35 bits per heavy atom. The third-order valence-electron chi connectivity index (χ3n) is 3.67. The number of methoxy groups -OCH3 is 2. The number of amides is 1. The van der Waals surface area contributed by atoms with Crippen molar-refractivity contribution in [1.29, 1.82) is 0 Å². The van der Waals surface area contributed by atoms with E-state index in [9.17, 15) is 18.4 Å². The lowest BCUT2D eigenvalue weighted by atomic mass is 10.0. The first kappa shape index (κ1) is 19.2. The van der Waals surface area contributed by atoms with Crippen LogP contribution < -0.4 is 14.8 Å². The highest BCUT2D eigenvalue weighted by atomic mass is 19.1. The smallest absolute Gasteiger partial charge is 0.305 e. The molecule has 0 saturated carbocycles. The fourth-order valence-corrected chi connectivity index (χ4v) is 2.41. The minimum atomic E-state index is -1.16. The van der Waals surface area contributed by atoms with Crippen LogP contribution in [-0.4, -0.2) is 31.2 Å². The van der Waals surface area contributed by atoms with Crippen molar-refractivity contribution in [2.45, 2.75) is 12.5 Å². The minimum Gasteiger partial charge on any atom is -0.493 e. The van der Waals surface area contributed by atoms with Crippen LogP contribution in [-0.2, 0) is 4.79 Å². The van der Waals surface area contributed by atoms with Crippen LogP contribution in [0.4, 0.5) is 8.78 Å². The molecule has 0 spiro atoms. The van der Waals surface area contributed by atoms with Crippen molar-refractivity contribution >= 4 is 11.9 Å². The second-order valence-corrected chi connectivity index (χ2v) is 5.36. The summed E-state index contributed by atoms with van der Waals surface area (Å²) in [6.45, 7) is 0. The van der Waals surface area contributed by atoms with Crippen LogP contribution in [0.1, 0.15) is 28.4 Å². The van der Waals surface area contributed by atoms with Crippen LogP contribution in [0.5, 0.6) is 11.5 Å². The number of carbonyl (C=O) groups excluding carboxylic acids is 1. The quantitative estimate of drug-likeness (QED) is 0.788. The summed E-state index contributed by atoms with van der Waals surface area (Å²) in [6, 6.07) is 6.21. The molecule has 0 aliphatic rings. The van der Waals surface area contributed by atoms with Gasteiger partial charge in [0.2, 0.25) is 0 Å². The Labute approximate surface area is 148 Å². The summed E-state index contributed by atoms with van der Waals surface area (Å²) in [6.07, 6.45) is -0.440. The Hall–Kier alpha value is -3.16. The molecule has 2 aromatic carbocycles. The summed E-state index contributed by atoms with van der Waals surface area (Å²) in [7, 11) is 2.87. The monoisotopic (exact) mass is 365 g/mol. The summed E-state index contributed by atoms with van der Waals surface area (Å²) in [5.74, 6) is -3.10. The summed E-state index contributed by atoms with van der Waals surface area (Å²) >= 11 is 0. The van der Waals surface area contributed by atoms with E-state index in [4.69, 9.17) is 14.6 Å². The number of carboxylic acid groups (broad SMARTS) is 1. The molecule has 0 aliphatic heterocycles. The molecule has 0 aromatic heterocycles. The van der Waals surface area contributed by atoms with Gasteiger partial charge in [-0.15, -0.1) is 0 Å². The van der Waals surface area contributed by atoms with Crippen molar-refractivity contribution in [1.82, 2.24) is 5.32 Å². The molecule has 0 aliphatic carbocycles. The van der Waals surface area contributed by atoms with Crippen LogP contribution in [0.25, 0.3) is 0 Å². The Bertz CT molecular complexity index is 825. The Balaban J connectivity index is 2.32. The molecule has 1 amide bonds. The minimum absolute atomic E-state index is 0.350. The van der Waals surface area contributed by atoms with E-state index in [1.54, 1.807) is 12.1 Å². The van der Waals surface area contributed by atoms with Gasteiger partial charge in [0, 0.05) is 6.07 Å². The average Bonchev–Trinajstić information content (AvgIpc) is 2.59. The second kappa shape index (κ2) is 8.28. The van der Waals surface area contributed by atoms with E-state index in [1.807, 2.05) is 0 Å². The lowest BCUT2D eigenvalue weighted by molar-refractivity contribution is -0.137.